The average Bonchev–Trinajstić information content (AvgIpc) is 2.90. The van der Waals surface area contributed by atoms with Crippen molar-refractivity contribution < 1.29 is 0 Å². The Balaban J connectivity index is 1.60. The largest absolute Gasteiger partial charge is 0.313 e. The molecule has 4 nitrogen and oxygen atoms in total. The van der Waals surface area contributed by atoms with E-state index in [0.29, 0.717) is 12.1 Å². The van der Waals surface area contributed by atoms with E-state index in [1.165, 1.54) is 44.5 Å². The van der Waals surface area contributed by atoms with E-state index in [-0.39, 0.29) is 0 Å². The molecule has 1 N–H and O–H groups in total. The second-order valence-corrected chi connectivity index (χ2v) is 6.33. The van der Waals surface area contributed by atoms with Crippen LogP contribution in [0, 0.1) is 0 Å². The molecule has 2 fully saturated rings. The highest BCUT2D eigenvalue weighted by atomic mass is 15.3. The van der Waals surface area contributed by atoms with Crippen LogP contribution >= 0.6 is 0 Å². The summed E-state index contributed by atoms with van der Waals surface area (Å²) in [5.41, 5.74) is 1.22. The van der Waals surface area contributed by atoms with Gasteiger partial charge in [0.1, 0.15) is 0 Å². The van der Waals surface area contributed by atoms with Gasteiger partial charge in [0.15, 0.2) is 0 Å². The monoisotopic (exact) mass is 262 g/mol. The van der Waals surface area contributed by atoms with Crippen LogP contribution in [0.1, 0.15) is 51.3 Å². The van der Waals surface area contributed by atoms with Gasteiger partial charge in [0.2, 0.25) is 0 Å². The lowest BCUT2D eigenvalue weighted by Gasteiger charge is -2.24. The molecule has 19 heavy (non-hydrogen) atoms. The Hall–Kier alpha value is -0.870. The van der Waals surface area contributed by atoms with Crippen molar-refractivity contribution >= 4 is 0 Å². The van der Waals surface area contributed by atoms with Crippen molar-refractivity contribution in [2.45, 2.75) is 64.2 Å². The molecule has 3 rings (SSSR count). The van der Waals surface area contributed by atoms with E-state index in [4.69, 9.17) is 0 Å². The van der Waals surface area contributed by atoms with Gasteiger partial charge in [-0.1, -0.05) is 0 Å². The second-order valence-electron chi connectivity index (χ2n) is 6.33. The number of hydrogen-bond acceptors (Lipinski definition) is 3. The van der Waals surface area contributed by atoms with Crippen LogP contribution in [-0.2, 0) is 6.54 Å². The highest BCUT2D eigenvalue weighted by molar-refractivity contribution is 5.02. The first-order chi connectivity index (χ1) is 9.22. The molecule has 0 bridgehead atoms. The zero-order valence-corrected chi connectivity index (χ0v) is 12.2. The first kappa shape index (κ1) is 13.1. The molecular formula is C15H26N4. The normalized spacial score (nSPS) is 23.7. The Morgan fingerprint density at radius 2 is 2.26 bits per heavy atom. The predicted octanol–water partition coefficient (Wildman–Crippen LogP) is 2.18. The molecule has 0 amide bonds. The summed E-state index contributed by atoms with van der Waals surface area (Å²) < 4.78 is 2.06. The van der Waals surface area contributed by atoms with Gasteiger partial charge in [0.05, 0.1) is 5.69 Å². The van der Waals surface area contributed by atoms with Crippen molar-refractivity contribution in [2.24, 2.45) is 0 Å². The molecule has 0 radical (unpaired) electrons. The maximum atomic E-state index is 4.69. The second kappa shape index (κ2) is 5.63. The zero-order valence-electron chi connectivity index (χ0n) is 12.2. The minimum absolute atomic E-state index is 0.458. The van der Waals surface area contributed by atoms with Gasteiger partial charge < -0.3 is 5.32 Å². The van der Waals surface area contributed by atoms with E-state index in [0.717, 1.165) is 12.6 Å². The van der Waals surface area contributed by atoms with Gasteiger partial charge in [-0.15, -0.1) is 0 Å². The van der Waals surface area contributed by atoms with E-state index in [2.05, 4.69) is 46.1 Å². The molecule has 1 unspecified atom stereocenters. The summed E-state index contributed by atoms with van der Waals surface area (Å²) in [5, 5.41) is 8.30. The summed E-state index contributed by atoms with van der Waals surface area (Å²) in [6.07, 6.45) is 7.53. The lowest BCUT2D eigenvalue weighted by Crippen LogP contribution is -2.38. The van der Waals surface area contributed by atoms with E-state index in [9.17, 15) is 0 Å². The maximum absolute atomic E-state index is 4.69. The van der Waals surface area contributed by atoms with Gasteiger partial charge in [-0.3, -0.25) is 9.58 Å². The van der Waals surface area contributed by atoms with Crippen LogP contribution in [0.2, 0.25) is 0 Å². The number of hydrogen-bond donors (Lipinski definition) is 1. The van der Waals surface area contributed by atoms with Crippen LogP contribution in [-0.4, -0.2) is 39.9 Å². The Kier molecular flexibility index (Phi) is 3.89. The Bertz CT molecular complexity index is 402. The number of nitrogens with zero attached hydrogens (tertiary/aromatic N) is 3. The van der Waals surface area contributed by atoms with Gasteiger partial charge in [-0.2, -0.15) is 5.10 Å². The standard InChI is InChI=1S/C15H26N4/c1-12(2)19-9-7-14(17-19)11-18(15-5-6-15)10-13-4-3-8-16-13/h7,9,12-13,15-16H,3-6,8,10-11H2,1-2H3. The molecule has 1 aliphatic carbocycles. The minimum atomic E-state index is 0.458. The highest BCUT2D eigenvalue weighted by Gasteiger charge is 2.31. The van der Waals surface area contributed by atoms with Gasteiger partial charge in [0, 0.05) is 37.4 Å². The first-order valence-electron chi connectivity index (χ1n) is 7.74. The van der Waals surface area contributed by atoms with Crippen LogP contribution in [0.15, 0.2) is 12.3 Å². The average molecular weight is 262 g/mol. The fourth-order valence-corrected chi connectivity index (χ4v) is 2.94. The van der Waals surface area contributed by atoms with E-state index in [1.807, 2.05) is 0 Å². The Morgan fingerprint density at radius 1 is 1.42 bits per heavy atom. The van der Waals surface area contributed by atoms with Crippen molar-refractivity contribution in [1.82, 2.24) is 20.0 Å². The minimum Gasteiger partial charge on any atom is -0.313 e. The fourth-order valence-electron chi connectivity index (χ4n) is 2.94. The summed E-state index contributed by atoms with van der Waals surface area (Å²) in [4.78, 5) is 2.63. The predicted molar refractivity (Wildman–Crippen MR) is 77.1 cm³/mol. The summed E-state index contributed by atoms with van der Waals surface area (Å²) in [6.45, 7) is 7.77. The zero-order chi connectivity index (χ0) is 13.2. The lowest BCUT2D eigenvalue weighted by molar-refractivity contribution is 0.227. The lowest BCUT2D eigenvalue weighted by atomic mass is 10.2. The fraction of sp³-hybridized carbons (Fsp3) is 0.800. The molecule has 1 aromatic rings. The van der Waals surface area contributed by atoms with Crippen LogP contribution in [0.3, 0.4) is 0 Å². The molecule has 4 heteroatoms. The number of nitrogens with one attached hydrogen (secondary N) is 1. The van der Waals surface area contributed by atoms with Crippen LogP contribution in [0.5, 0.6) is 0 Å². The van der Waals surface area contributed by atoms with Crippen molar-refractivity contribution in [3.8, 4) is 0 Å². The third kappa shape index (κ3) is 3.37. The molecule has 1 atom stereocenters. The van der Waals surface area contributed by atoms with Crippen molar-refractivity contribution in [1.29, 1.82) is 0 Å². The van der Waals surface area contributed by atoms with Crippen LogP contribution < -0.4 is 5.32 Å². The molecule has 1 aliphatic heterocycles. The third-order valence-electron chi connectivity index (χ3n) is 4.24. The van der Waals surface area contributed by atoms with Gasteiger partial charge in [-0.05, 0) is 52.1 Å². The van der Waals surface area contributed by atoms with E-state index in [1.54, 1.807) is 0 Å². The van der Waals surface area contributed by atoms with Crippen LogP contribution in [0.25, 0.3) is 0 Å². The topological polar surface area (TPSA) is 33.1 Å². The van der Waals surface area contributed by atoms with Crippen LogP contribution in [0.4, 0.5) is 0 Å². The van der Waals surface area contributed by atoms with Crippen molar-refractivity contribution in [3.63, 3.8) is 0 Å². The summed E-state index contributed by atoms with van der Waals surface area (Å²) in [5.74, 6) is 0. The number of rotatable bonds is 6. The van der Waals surface area contributed by atoms with Gasteiger partial charge in [-0.25, -0.2) is 0 Å². The molecule has 106 valence electrons. The smallest absolute Gasteiger partial charge is 0.0765 e. The van der Waals surface area contributed by atoms with E-state index >= 15 is 0 Å². The van der Waals surface area contributed by atoms with Crippen molar-refractivity contribution in [2.75, 3.05) is 13.1 Å². The van der Waals surface area contributed by atoms with Gasteiger partial charge >= 0.3 is 0 Å². The molecule has 0 aromatic carbocycles. The maximum Gasteiger partial charge on any atom is 0.0765 e. The Morgan fingerprint density at radius 3 is 2.84 bits per heavy atom. The molecule has 2 heterocycles. The molecule has 1 saturated carbocycles. The summed E-state index contributed by atoms with van der Waals surface area (Å²) >= 11 is 0. The summed E-state index contributed by atoms with van der Waals surface area (Å²) in [7, 11) is 0. The first-order valence-corrected chi connectivity index (χ1v) is 7.74. The van der Waals surface area contributed by atoms with Gasteiger partial charge in [0.25, 0.3) is 0 Å². The van der Waals surface area contributed by atoms with E-state index < -0.39 is 0 Å². The molecule has 0 spiro atoms. The molecule has 2 aliphatic rings. The van der Waals surface area contributed by atoms with Crippen molar-refractivity contribution in [3.05, 3.63) is 18.0 Å². The molecular weight excluding hydrogens is 236 g/mol. The number of aromatic nitrogens is 2. The Labute approximate surface area is 116 Å². The SMILES string of the molecule is CC(C)n1ccc(CN(CC2CCCN2)C2CC2)n1. The molecule has 1 aromatic heterocycles. The highest BCUT2D eigenvalue weighted by Crippen LogP contribution is 2.29. The summed E-state index contributed by atoms with van der Waals surface area (Å²) in [6, 6.07) is 4.15. The third-order valence-corrected chi connectivity index (χ3v) is 4.24. The molecule has 1 saturated heterocycles. The quantitative estimate of drug-likeness (QED) is 0.853.